The topological polar surface area (TPSA) is 44.1 Å². The van der Waals surface area contributed by atoms with Gasteiger partial charge in [0.05, 0.1) is 12.5 Å². The van der Waals surface area contributed by atoms with Gasteiger partial charge < -0.3 is 9.69 Å². The Balaban J connectivity index is 2.46. The first-order chi connectivity index (χ1) is 8.74. The zero-order chi connectivity index (χ0) is 13.2. The van der Waals surface area contributed by atoms with Gasteiger partial charge in [-0.15, -0.1) is 0 Å². The second-order valence-corrected chi connectivity index (χ2v) is 4.39. The van der Waals surface area contributed by atoms with Crippen molar-refractivity contribution in [3.05, 3.63) is 30.3 Å². The summed E-state index contributed by atoms with van der Waals surface area (Å²) in [7, 11) is 0. The van der Waals surface area contributed by atoms with E-state index in [0.717, 1.165) is 31.6 Å². The van der Waals surface area contributed by atoms with Crippen molar-refractivity contribution in [3.63, 3.8) is 0 Å². The molecule has 0 N–H and O–H groups in total. The molecular weight excluding hydrogens is 224 g/mol. The van der Waals surface area contributed by atoms with Crippen LogP contribution < -0.4 is 4.90 Å². The molecule has 1 aromatic rings. The van der Waals surface area contributed by atoms with Crippen molar-refractivity contribution in [3.8, 4) is 6.07 Å². The third-order valence-corrected chi connectivity index (χ3v) is 2.82. The number of ketones is 1. The van der Waals surface area contributed by atoms with Gasteiger partial charge in [0.15, 0.2) is 0 Å². The largest absolute Gasteiger partial charge is 0.371 e. The lowest BCUT2D eigenvalue weighted by atomic mass is 10.1. The van der Waals surface area contributed by atoms with E-state index in [1.165, 1.54) is 0 Å². The van der Waals surface area contributed by atoms with Crippen molar-refractivity contribution in [1.82, 2.24) is 0 Å². The predicted molar refractivity (Wildman–Crippen MR) is 73.4 cm³/mol. The molecule has 0 unspecified atom stereocenters. The summed E-state index contributed by atoms with van der Waals surface area (Å²) in [6.07, 6.45) is 3.09. The number of nitrogens with zero attached hydrogens (tertiary/aromatic N) is 2. The van der Waals surface area contributed by atoms with Crippen LogP contribution >= 0.6 is 0 Å². The SMILES string of the molecule is CC(=O)CCCCN(CCC#N)c1ccccc1. The van der Waals surface area contributed by atoms with Gasteiger partial charge in [-0.25, -0.2) is 0 Å². The number of para-hydroxylation sites is 1. The Bertz CT molecular complexity index is 395. The van der Waals surface area contributed by atoms with Crippen LogP contribution in [0.4, 0.5) is 5.69 Å². The summed E-state index contributed by atoms with van der Waals surface area (Å²) >= 11 is 0. The number of hydrogen-bond acceptors (Lipinski definition) is 3. The van der Waals surface area contributed by atoms with E-state index < -0.39 is 0 Å². The quantitative estimate of drug-likeness (QED) is 0.660. The van der Waals surface area contributed by atoms with E-state index in [2.05, 4.69) is 23.1 Å². The second-order valence-electron chi connectivity index (χ2n) is 4.39. The summed E-state index contributed by atoms with van der Waals surface area (Å²) in [5.41, 5.74) is 1.15. The maximum absolute atomic E-state index is 10.9. The molecule has 1 aromatic carbocycles. The molecule has 1 rings (SSSR count). The average Bonchev–Trinajstić information content (AvgIpc) is 2.38. The van der Waals surface area contributed by atoms with Crippen molar-refractivity contribution in [2.75, 3.05) is 18.0 Å². The normalized spacial score (nSPS) is 9.78. The smallest absolute Gasteiger partial charge is 0.129 e. The monoisotopic (exact) mass is 244 g/mol. The fraction of sp³-hybridized carbons (Fsp3) is 0.467. The highest BCUT2D eigenvalue weighted by Gasteiger charge is 2.05. The minimum absolute atomic E-state index is 0.248. The highest BCUT2D eigenvalue weighted by atomic mass is 16.1. The first-order valence-corrected chi connectivity index (χ1v) is 6.40. The van der Waals surface area contributed by atoms with Crippen LogP contribution in [0.3, 0.4) is 0 Å². The zero-order valence-electron chi connectivity index (χ0n) is 10.9. The van der Waals surface area contributed by atoms with E-state index in [1.807, 2.05) is 18.2 Å². The molecule has 96 valence electrons. The number of Topliss-reactive ketones (excluding diaryl/α,β-unsaturated/α-hetero) is 1. The zero-order valence-corrected chi connectivity index (χ0v) is 10.9. The number of nitriles is 1. The van der Waals surface area contributed by atoms with Crippen LogP contribution in [0.5, 0.6) is 0 Å². The summed E-state index contributed by atoms with van der Waals surface area (Å²) < 4.78 is 0. The van der Waals surface area contributed by atoms with Gasteiger partial charge >= 0.3 is 0 Å². The maximum atomic E-state index is 10.9. The van der Waals surface area contributed by atoms with Gasteiger partial charge in [0.1, 0.15) is 5.78 Å². The summed E-state index contributed by atoms with van der Waals surface area (Å²) in [6.45, 7) is 3.28. The Labute approximate surface area is 109 Å². The van der Waals surface area contributed by atoms with Gasteiger partial charge in [0.2, 0.25) is 0 Å². The average molecular weight is 244 g/mol. The molecule has 3 nitrogen and oxygen atoms in total. The number of anilines is 1. The molecule has 3 heteroatoms. The molecule has 0 aliphatic rings. The summed E-state index contributed by atoms with van der Waals surface area (Å²) in [5.74, 6) is 0.248. The summed E-state index contributed by atoms with van der Waals surface area (Å²) in [6, 6.07) is 12.3. The third-order valence-electron chi connectivity index (χ3n) is 2.82. The fourth-order valence-electron chi connectivity index (χ4n) is 1.87. The predicted octanol–water partition coefficient (Wildman–Crippen LogP) is 3.17. The van der Waals surface area contributed by atoms with Crippen molar-refractivity contribution in [2.45, 2.75) is 32.6 Å². The lowest BCUT2D eigenvalue weighted by Gasteiger charge is -2.23. The van der Waals surface area contributed by atoms with E-state index in [4.69, 9.17) is 5.26 Å². The first-order valence-electron chi connectivity index (χ1n) is 6.40. The molecule has 0 fully saturated rings. The van der Waals surface area contributed by atoms with Crippen LogP contribution in [-0.2, 0) is 4.79 Å². The first kappa shape index (κ1) is 14.2. The molecule has 0 aliphatic carbocycles. The molecule has 0 atom stereocenters. The van der Waals surface area contributed by atoms with E-state index >= 15 is 0 Å². The Kier molecular flexibility index (Phi) is 6.56. The molecule has 0 bridgehead atoms. The highest BCUT2D eigenvalue weighted by Crippen LogP contribution is 2.14. The second kappa shape index (κ2) is 8.30. The highest BCUT2D eigenvalue weighted by molar-refractivity contribution is 5.75. The van der Waals surface area contributed by atoms with E-state index in [-0.39, 0.29) is 5.78 Å². The molecule has 0 aliphatic heterocycles. The van der Waals surface area contributed by atoms with E-state index in [1.54, 1.807) is 6.92 Å². The van der Waals surface area contributed by atoms with Gasteiger partial charge in [-0.05, 0) is 31.9 Å². The van der Waals surface area contributed by atoms with Crippen molar-refractivity contribution >= 4 is 11.5 Å². The number of carbonyl (C=O) groups excluding carboxylic acids is 1. The maximum Gasteiger partial charge on any atom is 0.129 e. The fourth-order valence-corrected chi connectivity index (χ4v) is 1.87. The van der Waals surface area contributed by atoms with Crippen LogP contribution in [0, 0.1) is 11.3 Å². The van der Waals surface area contributed by atoms with Crippen LogP contribution in [-0.4, -0.2) is 18.9 Å². The van der Waals surface area contributed by atoms with E-state index in [0.29, 0.717) is 12.8 Å². The van der Waals surface area contributed by atoms with Crippen molar-refractivity contribution in [1.29, 1.82) is 5.26 Å². The lowest BCUT2D eigenvalue weighted by Crippen LogP contribution is -2.25. The number of unbranched alkanes of at least 4 members (excludes halogenated alkanes) is 1. The molecule has 0 radical (unpaired) electrons. The molecule has 0 spiro atoms. The Morgan fingerprint density at radius 2 is 1.94 bits per heavy atom. The molecule has 0 saturated carbocycles. The number of carbonyl (C=O) groups is 1. The van der Waals surface area contributed by atoms with Gasteiger partial charge in [-0.1, -0.05) is 18.2 Å². The van der Waals surface area contributed by atoms with Gasteiger partial charge in [-0.2, -0.15) is 5.26 Å². The van der Waals surface area contributed by atoms with Crippen LogP contribution in [0.25, 0.3) is 0 Å². The van der Waals surface area contributed by atoms with E-state index in [9.17, 15) is 4.79 Å². The summed E-state index contributed by atoms with van der Waals surface area (Å²) in [4.78, 5) is 13.1. The number of benzene rings is 1. The molecule has 0 heterocycles. The van der Waals surface area contributed by atoms with Crippen molar-refractivity contribution < 1.29 is 4.79 Å². The van der Waals surface area contributed by atoms with Crippen molar-refractivity contribution in [2.24, 2.45) is 0 Å². The Hall–Kier alpha value is -1.82. The van der Waals surface area contributed by atoms with Gasteiger partial charge in [0, 0.05) is 25.2 Å². The van der Waals surface area contributed by atoms with Gasteiger partial charge in [-0.3, -0.25) is 0 Å². The lowest BCUT2D eigenvalue weighted by molar-refractivity contribution is -0.117. The summed E-state index contributed by atoms with van der Waals surface area (Å²) in [5, 5.41) is 8.69. The number of hydrogen-bond donors (Lipinski definition) is 0. The standard InChI is InChI=1S/C15H20N2O/c1-14(18)8-5-6-12-17(13-7-11-16)15-9-3-2-4-10-15/h2-4,9-10H,5-8,12-13H2,1H3. The molecule has 18 heavy (non-hydrogen) atoms. The Morgan fingerprint density at radius 1 is 1.22 bits per heavy atom. The Morgan fingerprint density at radius 3 is 2.56 bits per heavy atom. The van der Waals surface area contributed by atoms with Gasteiger partial charge in [0.25, 0.3) is 0 Å². The van der Waals surface area contributed by atoms with Crippen LogP contribution in [0.2, 0.25) is 0 Å². The third kappa shape index (κ3) is 5.49. The van der Waals surface area contributed by atoms with Crippen LogP contribution in [0.15, 0.2) is 30.3 Å². The number of rotatable bonds is 8. The molecular formula is C15H20N2O. The minimum Gasteiger partial charge on any atom is -0.371 e. The molecule has 0 amide bonds. The van der Waals surface area contributed by atoms with Crippen LogP contribution in [0.1, 0.15) is 32.6 Å². The minimum atomic E-state index is 0.248. The molecule has 0 aromatic heterocycles. The molecule has 0 saturated heterocycles.